The Bertz CT molecular complexity index is 502. The van der Waals surface area contributed by atoms with Crippen LogP contribution in [0.1, 0.15) is 21.5 Å². The molecule has 106 valence electrons. The summed E-state index contributed by atoms with van der Waals surface area (Å²) >= 11 is 0. The third-order valence-electron chi connectivity index (χ3n) is 2.13. The first-order chi connectivity index (χ1) is 8.50. The van der Waals surface area contributed by atoms with Crippen LogP contribution in [-0.4, -0.2) is 13.1 Å². The van der Waals surface area contributed by atoms with Crippen molar-refractivity contribution < 1.29 is 40.3 Å². The van der Waals surface area contributed by atoms with Gasteiger partial charge in [-0.2, -0.15) is 26.3 Å². The maximum atomic E-state index is 13.1. The zero-order valence-corrected chi connectivity index (χ0v) is 9.12. The molecule has 0 N–H and O–H groups in total. The van der Waals surface area contributed by atoms with Crippen LogP contribution < -0.4 is 0 Å². The van der Waals surface area contributed by atoms with Gasteiger partial charge < -0.3 is 4.74 Å². The van der Waals surface area contributed by atoms with Gasteiger partial charge >= 0.3 is 18.3 Å². The number of hydrogen-bond donors (Lipinski definition) is 0. The molecule has 1 rings (SSSR count). The van der Waals surface area contributed by atoms with E-state index in [1.807, 2.05) is 0 Å². The second-order valence-electron chi connectivity index (χ2n) is 3.33. The zero-order valence-electron chi connectivity index (χ0n) is 9.12. The molecule has 1 aromatic rings. The van der Waals surface area contributed by atoms with E-state index in [1.165, 1.54) is 0 Å². The van der Waals surface area contributed by atoms with Gasteiger partial charge in [-0.25, -0.2) is 9.18 Å². The molecule has 0 amide bonds. The number of benzene rings is 1. The van der Waals surface area contributed by atoms with Gasteiger partial charge in [-0.15, -0.1) is 0 Å². The molecule has 0 saturated carbocycles. The van der Waals surface area contributed by atoms with Crippen LogP contribution >= 0.6 is 0 Å². The van der Waals surface area contributed by atoms with E-state index in [-0.39, 0.29) is 6.07 Å². The maximum absolute atomic E-state index is 13.1. The fourth-order valence-corrected chi connectivity index (χ4v) is 1.43. The highest BCUT2D eigenvalue weighted by Gasteiger charge is 2.48. The van der Waals surface area contributed by atoms with Crippen LogP contribution in [-0.2, 0) is 17.1 Å². The third-order valence-corrected chi connectivity index (χ3v) is 2.13. The summed E-state index contributed by atoms with van der Waals surface area (Å²) in [5.74, 6) is -3.76. The summed E-state index contributed by atoms with van der Waals surface area (Å²) in [7, 11) is 0.694. The summed E-state index contributed by atoms with van der Waals surface area (Å²) in [6.07, 6.45) is -11.2. The fraction of sp³-hybridized carbons (Fsp3) is 0.300. The van der Waals surface area contributed by atoms with Gasteiger partial charge in [0.25, 0.3) is 0 Å². The lowest BCUT2D eigenvalue weighted by atomic mass is 9.99. The molecule has 0 saturated heterocycles. The Balaban J connectivity index is 3.76. The average Bonchev–Trinajstić information content (AvgIpc) is 2.24. The summed E-state index contributed by atoms with van der Waals surface area (Å²) < 4.78 is 92.4. The number of esters is 1. The molecule has 0 unspecified atom stereocenters. The predicted molar refractivity (Wildman–Crippen MR) is 47.7 cm³/mol. The Kier molecular flexibility index (Phi) is 3.78. The van der Waals surface area contributed by atoms with Gasteiger partial charge in [0.2, 0.25) is 0 Å². The highest BCUT2D eigenvalue weighted by Crippen LogP contribution is 2.43. The van der Waals surface area contributed by atoms with E-state index in [1.54, 1.807) is 0 Å². The van der Waals surface area contributed by atoms with Crippen LogP contribution in [0.25, 0.3) is 0 Å². The van der Waals surface area contributed by atoms with Crippen molar-refractivity contribution >= 4 is 5.97 Å². The van der Waals surface area contributed by atoms with Crippen molar-refractivity contribution in [2.45, 2.75) is 12.4 Å². The van der Waals surface area contributed by atoms with Crippen LogP contribution in [0.2, 0.25) is 0 Å². The molecule has 0 bridgehead atoms. The minimum absolute atomic E-state index is 0.129. The number of carbonyl (C=O) groups is 1. The van der Waals surface area contributed by atoms with E-state index in [4.69, 9.17) is 0 Å². The van der Waals surface area contributed by atoms with Crippen LogP contribution in [0.4, 0.5) is 30.7 Å². The summed E-state index contributed by atoms with van der Waals surface area (Å²) in [4.78, 5) is 11.1. The molecule has 0 atom stereocenters. The quantitative estimate of drug-likeness (QED) is 0.583. The lowest BCUT2D eigenvalue weighted by Crippen LogP contribution is -2.23. The molecule has 0 aliphatic rings. The number of hydrogen-bond acceptors (Lipinski definition) is 2. The number of halogens is 7. The van der Waals surface area contributed by atoms with Crippen molar-refractivity contribution in [2.24, 2.45) is 0 Å². The average molecular weight is 290 g/mol. The Labute approximate surface area is 101 Å². The minimum atomic E-state index is -5.60. The van der Waals surface area contributed by atoms with E-state index in [0.29, 0.717) is 13.2 Å². The summed E-state index contributed by atoms with van der Waals surface area (Å²) in [5.41, 5.74) is -6.33. The standard InChI is InChI=1S/C10H5F7O2/c1-19-8(18)4-2-3-5(11)7(10(15,16)17)6(4)9(12,13)14/h2-3H,1H3. The monoisotopic (exact) mass is 290 g/mol. The Morgan fingerprint density at radius 2 is 1.47 bits per heavy atom. The van der Waals surface area contributed by atoms with Crippen LogP contribution in [0.5, 0.6) is 0 Å². The minimum Gasteiger partial charge on any atom is -0.465 e. The molecule has 0 radical (unpaired) electrons. The first-order valence-corrected chi connectivity index (χ1v) is 4.55. The molecule has 1 aromatic carbocycles. The van der Waals surface area contributed by atoms with E-state index < -0.39 is 40.8 Å². The molecule has 2 nitrogen and oxygen atoms in total. The van der Waals surface area contributed by atoms with Crippen molar-refractivity contribution in [3.8, 4) is 0 Å². The second-order valence-corrected chi connectivity index (χ2v) is 3.33. The van der Waals surface area contributed by atoms with E-state index in [2.05, 4.69) is 4.74 Å². The molecule has 0 aromatic heterocycles. The summed E-state index contributed by atoms with van der Waals surface area (Å²) in [6, 6.07) is 0.420. The van der Waals surface area contributed by atoms with Crippen LogP contribution in [0.3, 0.4) is 0 Å². The molecule has 0 fully saturated rings. The van der Waals surface area contributed by atoms with Gasteiger partial charge in [0, 0.05) is 0 Å². The number of rotatable bonds is 1. The van der Waals surface area contributed by atoms with Gasteiger partial charge in [0.1, 0.15) is 11.4 Å². The number of methoxy groups -OCH3 is 1. The molecular formula is C10H5F7O2. The van der Waals surface area contributed by atoms with Crippen molar-refractivity contribution in [2.75, 3.05) is 7.11 Å². The van der Waals surface area contributed by atoms with Gasteiger partial charge in [0.15, 0.2) is 0 Å². The number of alkyl halides is 6. The number of ether oxygens (including phenoxy) is 1. The lowest BCUT2D eigenvalue weighted by Gasteiger charge is -2.18. The largest absolute Gasteiger partial charge is 0.465 e. The smallest absolute Gasteiger partial charge is 0.419 e. The van der Waals surface area contributed by atoms with Crippen LogP contribution in [0, 0.1) is 5.82 Å². The predicted octanol–water partition coefficient (Wildman–Crippen LogP) is 3.65. The third kappa shape index (κ3) is 2.96. The van der Waals surface area contributed by atoms with Gasteiger partial charge in [-0.05, 0) is 12.1 Å². The SMILES string of the molecule is COC(=O)c1ccc(F)c(C(F)(F)F)c1C(F)(F)F. The van der Waals surface area contributed by atoms with E-state index in [0.717, 1.165) is 0 Å². The molecule has 0 aliphatic heterocycles. The Hall–Kier alpha value is -1.80. The van der Waals surface area contributed by atoms with Crippen molar-refractivity contribution in [1.82, 2.24) is 0 Å². The molecule has 19 heavy (non-hydrogen) atoms. The zero-order chi connectivity index (χ0) is 15.0. The van der Waals surface area contributed by atoms with E-state index in [9.17, 15) is 35.5 Å². The highest BCUT2D eigenvalue weighted by molar-refractivity contribution is 5.91. The number of carbonyl (C=O) groups excluding carboxylic acids is 1. The lowest BCUT2D eigenvalue weighted by molar-refractivity contribution is -0.164. The van der Waals surface area contributed by atoms with Gasteiger partial charge in [-0.1, -0.05) is 0 Å². The highest BCUT2D eigenvalue weighted by atomic mass is 19.4. The fourth-order valence-electron chi connectivity index (χ4n) is 1.43. The van der Waals surface area contributed by atoms with Crippen molar-refractivity contribution in [1.29, 1.82) is 0 Å². The Morgan fingerprint density at radius 3 is 1.84 bits per heavy atom. The molecular weight excluding hydrogens is 285 g/mol. The first-order valence-electron chi connectivity index (χ1n) is 4.55. The van der Waals surface area contributed by atoms with Gasteiger partial charge in [-0.3, -0.25) is 0 Å². The normalized spacial score (nSPS) is 12.4. The van der Waals surface area contributed by atoms with Crippen LogP contribution in [0.15, 0.2) is 12.1 Å². The second kappa shape index (κ2) is 4.71. The summed E-state index contributed by atoms with van der Waals surface area (Å²) in [5, 5.41) is 0. The molecule has 0 aliphatic carbocycles. The topological polar surface area (TPSA) is 26.3 Å². The van der Waals surface area contributed by atoms with E-state index >= 15 is 0 Å². The molecule has 0 spiro atoms. The van der Waals surface area contributed by atoms with Gasteiger partial charge in [0.05, 0.1) is 18.2 Å². The first kappa shape index (κ1) is 15.3. The molecule has 9 heteroatoms. The maximum Gasteiger partial charge on any atom is 0.419 e. The Morgan fingerprint density at radius 1 is 1.00 bits per heavy atom. The summed E-state index contributed by atoms with van der Waals surface area (Å²) in [6.45, 7) is 0. The van der Waals surface area contributed by atoms with Crippen molar-refractivity contribution in [3.05, 3.63) is 34.6 Å². The molecule has 0 heterocycles. The van der Waals surface area contributed by atoms with Crippen molar-refractivity contribution in [3.63, 3.8) is 0 Å².